The minimum absolute atomic E-state index is 0. The topological polar surface area (TPSA) is 86.1 Å². The molecular weight excluding hydrogens is 501 g/mol. The molecule has 1 fully saturated rings. The molecule has 0 spiro atoms. The van der Waals surface area contributed by atoms with E-state index in [1.807, 2.05) is 26.6 Å². The van der Waals surface area contributed by atoms with E-state index in [0.717, 1.165) is 20.4 Å². The number of aliphatic hydroxyl groups is 1. The van der Waals surface area contributed by atoms with E-state index in [-0.39, 0.29) is 41.6 Å². The monoisotopic (exact) mass is 521 g/mol. The maximum absolute atomic E-state index is 12.4. The third-order valence-corrected chi connectivity index (χ3v) is 7.62. The number of thioether (sulfide) groups is 1. The Balaban J connectivity index is 0.00000210. The first-order valence-electron chi connectivity index (χ1n) is 8.30. The van der Waals surface area contributed by atoms with Crippen LogP contribution < -0.4 is 28.5 Å². The molecule has 2 aromatic rings. The number of hydrogen-bond donors (Lipinski definition) is 2. The van der Waals surface area contributed by atoms with Crippen LogP contribution in [0.4, 0.5) is 0 Å². The number of rotatable bonds is 4. The van der Waals surface area contributed by atoms with Gasteiger partial charge in [0, 0.05) is 5.57 Å². The SMILES string of the molecule is CSc1c2sc(C3=C(C(=O)O)N4C(=O)[C@H]([C@@H](C)O)[C@H]4C3)c(C)n2c[n+]1C.[I-]. The number of aryl methyl sites for hydroxylation is 2. The average molecular weight is 521 g/mol. The Morgan fingerprint density at radius 2 is 2.15 bits per heavy atom. The van der Waals surface area contributed by atoms with Crippen molar-refractivity contribution in [1.82, 2.24) is 9.30 Å². The smallest absolute Gasteiger partial charge is 0.352 e. The Bertz CT molecular complexity index is 994. The summed E-state index contributed by atoms with van der Waals surface area (Å²) in [5, 5.41) is 20.7. The fraction of sp³-hybridized carbons (Fsp3) is 0.471. The van der Waals surface area contributed by atoms with E-state index in [4.69, 9.17) is 0 Å². The van der Waals surface area contributed by atoms with Crippen molar-refractivity contribution in [2.24, 2.45) is 13.0 Å². The standard InChI is InChI=1S/C17H19N3O4S2.HI/c1-7-13(26-16-15(25-4)18(3)6-19(7)16)9-5-10-11(8(2)21)14(22)20(10)12(9)17(23)24;/h6,8,10-11,21H,5H2,1-4H3;1H/t8-,10-,11-;/m1./s1. The zero-order valence-corrected chi connectivity index (χ0v) is 19.1. The molecule has 3 atom stereocenters. The predicted octanol–water partition coefficient (Wildman–Crippen LogP) is -1.73. The van der Waals surface area contributed by atoms with Gasteiger partial charge in [0.15, 0.2) is 0 Å². The normalized spacial score (nSPS) is 22.7. The minimum atomic E-state index is -1.09. The van der Waals surface area contributed by atoms with E-state index >= 15 is 0 Å². The van der Waals surface area contributed by atoms with Crippen molar-refractivity contribution in [3.05, 3.63) is 22.6 Å². The summed E-state index contributed by atoms with van der Waals surface area (Å²) in [4.78, 5) is 27.6. The molecule has 1 saturated heterocycles. The quantitative estimate of drug-likeness (QED) is 0.216. The number of halogens is 1. The van der Waals surface area contributed by atoms with Crippen LogP contribution in [0.5, 0.6) is 0 Å². The first kappa shape index (κ1) is 20.6. The molecule has 4 rings (SSSR count). The number of carboxylic acids is 1. The van der Waals surface area contributed by atoms with E-state index in [1.165, 1.54) is 4.90 Å². The number of aliphatic carboxylic acids is 1. The number of imidazole rings is 1. The van der Waals surface area contributed by atoms with Crippen molar-refractivity contribution in [3.63, 3.8) is 0 Å². The number of carboxylic acid groups (broad SMARTS) is 1. The van der Waals surface area contributed by atoms with Crippen molar-refractivity contribution in [2.75, 3.05) is 6.26 Å². The summed E-state index contributed by atoms with van der Waals surface area (Å²) in [5.74, 6) is -1.91. The number of β-lactam (4-membered cyclic amide) rings is 1. The van der Waals surface area contributed by atoms with Gasteiger partial charge in [0.1, 0.15) is 11.4 Å². The Kier molecular flexibility index (Phi) is 5.38. The highest BCUT2D eigenvalue weighted by atomic mass is 127. The molecule has 0 radical (unpaired) electrons. The van der Waals surface area contributed by atoms with E-state index in [1.54, 1.807) is 30.0 Å². The summed E-state index contributed by atoms with van der Waals surface area (Å²) < 4.78 is 4.12. The van der Waals surface area contributed by atoms with Crippen molar-refractivity contribution < 1.29 is 48.3 Å². The molecule has 0 aromatic carbocycles. The third kappa shape index (κ3) is 2.75. The first-order valence-corrected chi connectivity index (χ1v) is 10.3. The zero-order valence-electron chi connectivity index (χ0n) is 15.3. The molecule has 10 heteroatoms. The van der Waals surface area contributed by atoms with Crippen LogP contribution in [0.2, 0.25) is 0 Å². The van der Waals surface area contributed by atoms with Gasteiger partial charge in [-0.05, 0) is 26.5 Å². The molecule has 146 valence electrons. The highest BCUT2D eigenvalue weighted by Crippen LogP contribution is 2.49. The Labute approximate surface area is 181 Å². The average Bonchev–Trinajstić information content (AvgIpc) is 3.15. The number of carbonyl (C=O) groups is 2. The molecule has 0 saturated carbocycles. The summed E-state index contributed by atoms with van der Waals surface area (Å²) in [7, 11) is 1.99. The maximum Gasteiger partial charge on any atom is 0.352 e. The van der Waals surface area contributed by atoms with Gasteiger partial charge in [-0.1, -0.05) is 23.1 Å². The lowest BCUT2D eigenvalue weighted by Gasteiger charge is -2.44. The van der Waals surface area contributed by atoms with Gasteiger partial charge in [-0.2, -0.15) is 4.40 Å². The lowest BCUT2D eigenvalue weighted by Crippen LogP contribution is -3.00. The second kappa shape index (κ2) is 7.05. The maximum atomic E-state index is 12.4. The van der Waals surface area contributed by atoms with Crippen LogP contribution in [-0.2, 0) is 16.6 Å². The van der Waals surface area contributed by atoms with Gasteiger partial charge < -0.3 is 39.1 Å². The summed E-state index contributed by atoms with van der Waals surface area (Å²) in [6.45, 7) is 3.56. The molecule has 2 aromatic heterocycles. The van der Waals surface area contributed by atoms with Gasteiger partial charge in [-0.25, -0.2) is 9.36 Å². The highest BCUT2D eigenvalue weighted by molar-refractivity contribution is 7.98. The molecule has 2 N–H and O–H groups in total. The third-order valence-electron chi connectivity index (χ3n) is 5.30. The van der Waals surface area contributed by atoms with Crippen LogP contribution in [0, 0.1) is 12.8 Å². The van der Waals surface area contributed by atoms with Crippen molar-refractivity contribution >= 4 is 45.4 Å². The Hall–Kier alpha value is -1.11. The summed E-state index contributed by atoms with van der Waals surface area (Å²) in [6, 6.07) is -0.263. The van der Waals surface area contributed by atoms with Gasteiger partial charge in [-0.15, -0.1) is 0 Å². The minimum Gasteiger partial charge on any atom is -1.00 e. The molecule has 2 aliphatic rings. The molecule has 2 aliphatic heterocycles. The van der Waals surface area contributed by atoms with Gasteiger partial charge in [0.25, 0.3) is 6.33 Å². The number of carbonyl (C=O) groups excluding carboxylic acids is 1. The lowest BCUT2D eigenvalue weighted by molar-refractivity contribution is -0.705. The van der Waals surface area contributed by atoms with Gasteiger partial charge >= 0.3 is 5.97 Å². The zero-order chi connectivity index (χ0) is 18.9. The summed E-state index contributed by atoms with van der Waals surface area (Å²) in [5.41, 5.74) is 1.73. The number of fused-ring (bicyclic) bond motifs is 2. The Morgan fingerprint density at radius 3 is 2.70 bits per heavy atom. The molecule has 7 nitrogen and oxygen atoms in total. The van der Waals surface area contributed by atoms with Gasteiger partial charge in [0.2, 0.25) is 15.8 Å². The molecule has 4 heterocycles. The number of aromatic nitrogens is 2. The molecule has 27 heavy (non-hydrogen) atoms. The number of aliphatic hydroxyl groups excluding tert-OH is 1. The molecule has 0 aliphatic carbocycles. The second-order valence-corrected chi connectivity index (χ2v) is 8.60. The lowest BCUT2D eigenvalue weighted by atomic mass is 9.83. The van der Waals surface area contributed by atoms with Crippen molar-refractivity contribution in [3.8, 4) is 0 Å². The van der Waals surface area contributed by atoms with Gasteiger partial charge in [0.05, 0.1) is 30.0 Å². The summed E-state index contributed by atoms with van der Waals surface area (Å²) >= 11 is 3.20. The largest absolute Gasteiger partial charge is 1.00 e. The number of nitrogens with zero attached hydrogens (tertiary/aromatic N) is 3. The van der Waals surface area contributed by atoms with E-state index in [0.29, 0.717) is 12.0 Å². The predicted molar refractivity (Wildman–Crippen MR) is 97.9 cm³/mol. The van der Waals surface area contributed by atoms with Crippen LogP contribution in [0.3, 0.4) is 0 Å². The number of hydrogen-bond acceptors (Lipinski definition) is 5. The van der Waals surface area contributed by atoms with Crippen molar-refractivity contribution in [1.29, 1.82) is 0 Å². The molecular formula is C17H20IN3O4S2. The van der Waals surface area contributed by atoms with Gasteiger partial charge in [-0.3, -0.25) is 4.79 Å². The van der Waals surface area contributed by atoms with Crippen LogP contribution in [0.15, 0.2) is 17.1 Å². The van der Waals surface area contributed by atoms with Crippen molar-refractivity contribution in [2.45, 2.75) is 37.4 Å². The highest BCUT2D eigenvalue weighted by Gasteiger charge is 2.57. The van der Waals surface area contributed by atoms with E-state index in [2.05, 4.69) is 8.97 Å². The van der Waals surface area contributed by atoms with E-state index < -0.39 is 18.0 Å². The fourth-order valence-electron chi connectivity index (χ4n) is 4.13. The number of amides is 1. The molecule has 1 amide bonds. The van der Waals surface area contributed by atoms with Crippen LogP contribution in [0.1, 0.15) is 23.9 Å². The molecule has 0 unspecified atom stereocenters. The second-order valence-electron chi connectivity index (χ2n) is 6.81. The van der Waals surface area contributed by atoms with Crippen LogP contribution in [-0.4, -0.2) is 49.8 Å². The summed E-state index contributed by atoms with van der Waals surface area (Å²) in [6.07, 6.45) is 3.69. The van der Waals surface area contributed by atoms with Crippen LogP contribution in [0.25, 0.3) is 10.4 Å². The fourth-order valence-corrected chi connectivity index (χ4v) is 6.37. The van der Waals surface area contributed by atoms with Crippen LogP contribution >= 0.6 is 23.1 Å². The number of thiazole rings is 1. The first-order chi connectivity index (χ1) is 12.3. The molecule has 0 bridgehead atoms. The van der Waals surface area contributed by atoms with E-state index in [9.17, 15) is 19.8 Å². The Morgan fingerprint density at radius 1 is 1.48 bits per heavy atom.